The van der Waals surface area contributed by atoms with Crippen molar-refractivity contribution >= 4 is 39.8 Å². The third-order valence-electron chi connectivity index (χ3n) is 4.58. The summed E-state index contributed by atoms with van der Waals surface area (Å²) in [7, 11) is 0. The van der Waals surface area contributed by atoms with E-state index in [2.05, 4.69) is 36.8 Å². The Morgan fingerprint density at radius 3 is 2.80 bits per heavy atom. The number of fused-ring (bicyclic) bond motifs is 1. The van der Waals surface area contributed by atoms with Crippen molar-refractivity contribution in [2.75, 3.05) is 13.1 Å². The van der Waals surface area contributed by atoms with Crippen LogP contribution in [0.2, 0.25) is 0 Å². The van der Waals surface area contributed by atoms with E-state index in [0.29, 0.717) is 11.3 Å². The maximum atomic E-state index is 14.5. The fourth-order valence-corrected chi connectivity index (χ4v) is 4.12. The largest absolute Gasteiger partial charge is 0.484 e. The molecule has 0 atom stereocenters. The summed E-state index contributed by atoms with van der Waals surface area (Å²) >= 11 is 1.53. The van der Waals surface area contributed by atoms with Crippen molar-refractivity contribution in [3.63, 3.8) is 0 Å². The van der Waals surface area contributed by atoms with E-state index in [1.165, 1.54) is 23.6 Å². The van der Waals surface area contributed by atoms with Gasteiger partial charge < -0.3 is 10.1 Å². The van der Waals surface area contributed by atoms with Crippen LogP contribution in [-0.2, 0) is 6.61 Å². The third-order valence-corrected chi connectivity index (χ3v) is 5.65. The van der Waals surface area contributed by atoms with Gasteiger partial charge in [0, 0.05) is 24.2 Å². The zero-order valence-electron chi connectivity index (χ0n) is 15.8. The zero-order chi connectivity index (χ0) is 19.6. The van der Waals surface area contributed by atoms with Crippen LogP contribution in [0.4, 0.5) is 4.39 Å². The smallest absolute Gasteiger partial charge is 0.165 e. The topological polar surface area (TPSA) is 88.1 Å². The quantitative estimate of drug-likeness (QED) is 0.486. The minimum atomic E-state index is -0.438. The Morgan fingerprint density at radius 1 is 1.13 bits per heavy atom. The molecule has 1 aliphatic heterocycles. The molecule has 0 bridgehead atoms. The molecule has 0 spiro atoms. The number of thiazole rings is 1. The molecule has 0 saturated heterocycles. The van der Waals surface area contributed by atoms with E-state index in [1.807, 2.05) is 18.2 Å². The molecule has 0 radical (unpaired) electrons. The summed E-state index contributed by atoms with van der Waals surface area (Å²) in [6.45, 7) is 1.93. The molecule has 7 nitrogen and oxygen atoms in total. The number of ether oxygens (including phenoxy) is 1. The number of hydrogen-bond donors (Lipinski definition) is 2. The Balaban J connectivity index is 0.00000218. The van der Waals surface area contributed by atoms with Crippen LogP contribution in [0.5, 0.6) is 5.75 Å². The lowest BCUT2D eigenvalue weighted by molar-refractivity contribution is 0.286. The number of halogens is 2. The van der Waals surface area contributed by atoms with Crippen LogP contribution >= 0.6 is 23.7 Å². The molecule has 3 heterocycles. The summed E-state index contributed by atoms with van der Waals surface area (Å²) in [5.41, 5.74) is 3.26. The number of benzene rings is 2. The van der Waals surface area contributed by atoms with Gasteiger partial charge in [-0.1, -0.05) is 0 Å². The maximum Gasteiger partial charge on any atom is 0.165 e. The predicted octanol–water partition coefficient (Wildman–Crippen LogP) is 3.96. The van der Waals surface area contributed by atoms with Crippen LogP contribution in [0, 0.1) is 5.82 Å². The van der Waals surface area contributed by atoms with E-state index in [-0.39, 0.29) is 24.8 Å². The minimum absolute atomic E-state index is 0. The number of hydrogen-bond acceptors (Lipinski definition) is 7. The molecule has 0 saturated carbocycles. The van der Waals surface area contributed by atoms with E-state index in [9.17, 15) is 4.39 Å². The van der Waals surface area contributed by atoms with E-state index in [1.54, 1.807) is 6.07 Å². The number of amidine groups is 1. The first-order valence-corrected chi connectivity index (χ1v) is 10.0. The molecular formula is C20H18ClFN6OS. The number of nitrogens with one attached hydrogen (secondary N) is 2. The lowest BCUT2D eigenvalue weighted by Gasteiger charge is -2.14. The summed E-state index contributed by atoms with van der Waals surface area (Å²) in [5, 5.41) is 14.2. The van der Waals surface area contributed by atoms with Crippen molar-refractivity contribution in [2.24, 2.45) is 4.99 Å². The molecular weight excluding hydrogens is 427 g/mol. The van der Waals surface area contributed by atoms with Crippen molar-refractivity contribution in [3.8, 4) is 16.3 Å². The summed E-state index contributed by atoms with van der Waals surface area (Å²) in [4.78, 5) is 9.20. The van der Waals surface area contributed by atoms with E-state index >= 15 is 0 Å². The van der Waals surface area contributed by atoms with Gasteiger partial charge in [0.2, 0.25) is 0 Å². The van der Waals surface area contributed by atoms with E-state index in [0.717, 1.165) is 46.1 Å². The molecule has 0 amide bonds. The summed E-state index contributed by atoms with van der Waals surface area (Å²) < 4.78 is 21.0. The van der Waals surface area contributed by atoms with E-state index < -0.39 is 5.82 Å². The second-order valence-electron chi connectivity index (χ2n) is 6.61. The SMILES string of the molecule is Cl.Fc1cc(-c2nc3ccc(C4=NCCCN4)cc3s2)ccc1OCc1cn[nH]n1. The fourth-order valence-electron chi connectivity index (χ4n) is 3.12. The highest BCUT2D eigenvalue weighted by Crippen LogP contribution is 2.33. The summed E-state index contributed by atoms with van der Waals surface area (Å²) in [6, 6.07) is 11.0. The molecule has 30 heavy (non-hydrogen) atoms. The van der Waals surface area contributed by atoms with Crippen LogP contribution in [0.25, 0.3) is 20.8 Å². The van der Waals surface area contributed by atoms with Crippen LogP contribution in [0.1, 0.15) is 17.7 Å². The number of H-pyrrole nitrogens is 1. The molecule has 1 aliphatic rings. The average Bonchev–Trinajstić information content (AvgIpc) is 3.42. The normalized spacial score (nSPS) is 13.4. The molecule has 0 fully saturated rings. The zero-order valence-corrected chi connectivity index (χ0v) is 17.4. The molecule has 5 rings (SSSR count). The molecule has 0 unspecified atom stereocenters. The van der Waals surface area contributed by atoms with E-state index in [4.69, 9.17) is 4.74 Å². The Hall–Kier alpha value is -3.04. The van der Waals surface area contributed by atoms with Gasteiger partial charge in [0.05, 0.1) is 16.4 Å². The Bertz CT molecular complexity index is 1190. The lowest BCUT2D eigenvalue weighted by atomic mass is 10.1. The number of rotatable bonds is 5. The van der Waals surface area contributed by atoms with Gasteiger partial charge in [-0.15, -0.1) is 23.7 Å². The van der Waals surface area contributed by atoms with Gasteiger partial charge >= 0.3 is 0 Å². The van der Waals surface area contributed by atoms with Crippen molar-refractivity contribution in [3.05, 3.63) is 59.7 Å². The van der Waals surface area contributed by atoms with Crippen LogP contribution < -0.4 is 10.1 Å². The molecule has 154 valence electrons. The average molecular weight is 445 g/mol. The minimum Gasteiger partial charge on any atom is -0.484 e. The second kappa shape index (κ2) is 8.76. The van der Waals surface area contributed by atoms with Crippen molar-refractivity contribution < 1.29 is 9.13 Å². The maximum absolute atomic E-state index is 14.5. The molecule has 4 aromatic rings. The standard InChI is InChI=1S/C20H17FN6OS.ClH/c21-15-8-13(3-5-17(15)28-11-14-10-24-27-26-14)20-25-16-4-2-12(9-18(16)29-20)19-22-6-1-7-23-19;/h2-5,8-10H,1,6-7,11H2,(H,22,23)(H,24,26,27);1H. The molecule has 2 aromatic heterocycles. The third kappa shape index (κ3) is 4.12. The van der Waals surface area contributed by atoms with Gasteiger partial charge in [-0.2, -0.15) is 15.4 Å². The van der Waals surface area contributed by atoms with Crippen molar-refractivity contribution in [1.82, 2.24) is 25.7 Å². The van der Waals surface area contributed by atoms with Crippen LogP contribution in [-0.4, -0.2) is 39.3 Å². The predicted molar refractivity (Wildman–Crippen MR) is 117 cm³/mol. The van der Waals surface area contributed by atoms with Crippen LogP contribution in [0.15, 0.2) is 47.6 Å². The summed E-state index contributed by atoms with van der Waals surface area (Å²) in [6.07, 6.45) is 2.59. The first-order valence-electron chi connectivity index (χ1n) is 9.23. The van der Waals surface area contributed by atoms with Gasteiger partial charge in [-0.3, -0.25) is 4.99 Å². The summed E-state index contributed by atoms with van der Waals surface area (Å²) in [5.74, 6) is 0.654. The number of aromatic nitrogens is 4. The molecule has 0 aliphatic carbocycles. The number of nitrogens with zero attached hydrogens (tertiary/aromatic N) is 4. The van der Waals surface area contributed by atoms with Crippen molar-refractivity contribution in [2.45, 2.75) is 13.0 Å². The van der Waals surface area contributed by atoms with Gasteiger partial charge in [0.25, 0.3) is 0 Å². The monoisotopic (exact) mass is 444 g/mol. The van der Waals surface area contributed by atoms with Gasteiger partial charge in [-0.05, 0) is 42.8 Å². The van der Waals surface area contributed by atoms with Crippen molar-refractivity contribution in [1.29, 1.82) is 0 Å². The highest BCUT2D eigenvalue weighted by molar-refractivity contribution is 7.21. The Morgan fingerprint density at radius 2 is 2.03 bits per heavy atom. The fraction of sp³-hybridized carbons (Fsp3) is 0.200. The first-order chi connectivity index (χ1) is 14.3. The molecule has 10 heteroatoms. The van der Waals surface area contributed by atoms with Crippen LogP contribution in [0.3, 0.4) is 0 Å². The van der Waals surface area contributed by atoms with Gasteiger partial charge in [-0.25, -0.2) is 9.37 Å². The molecule has 2 N–H and O–H groups in total. The Labute approximate surface area is 181 Å². The lowest BCUT2D eigenvalue weighted by Crippen LogP contribution is -2.30. The Kier molecular flexibility index (Phi) is 5.91. The van der Waals surface area contributed by atoms with Gasteiger partial charge in [0.15, 0.2) is 11.6 Å². The number of aromatic amines is 1. The van der Waals surface area contributed by atoms with Gasteiger partial charge in [0.1, 0.15) is 23.1 Å². The number of aliphatic imine (C=N–C) groups is 1. The highest BCUT2D eigenvalue weighted by Gasteiger charge is 2.13. The highest BCUT2D eigenvalue weighted by atomic mass is 35.5. The second-order valence-corrected chi connectivity index (χ2v) is 7.64. The molecule has 2 aromatic carbocycles. The first kappa shape index (κ1) is 20.2.